The molecule has 1 unspecified atom stereocenters. The predicted octanol–water partition coefficient (Wildman–Crippen LogP) is 2.76. The molecular formula is C16H22FNO4. The molecule has 0 fully saturated rings. The molecular weight excluding hydrogens is 289 g/mol. The first-order chi connectivity index (χ1) is 10.4. The second kappa shape index (κ2) is 9.15. The minimum atomic E-state index is -0.722. The molecule has 1 amide bonds. The molecule has 1 aromatic carbocycles. The summed E-state index contributed by atoms with van der Waals surface area (Å²) in [5.74, 6) is -1.10. The molecule has 0 aliphatic carbocycles. The average Bonchev–Trinajstić information content (AvgIpc) is 2.44. The van der Waals surface area contributed by atoms with Crippen LogP contribution in [-0.4, -0.2) is 31.2 Å². The maximum Gasteiger partial charge on any atom is 0.335 e. The van der Waals surface area contributed by atoms with Gasteiger partial charge in [0.25, 0.3) is 5.91 Å². The van der Waals surface area contributed by atoms with Crippen LogP contribution in [0, 0.1) is 11.7 Å². The van der Waals surface area contributed by atoms with E-state index in [1.807, 2.05) is 0 Å². The van der Waals surface area contributed by atoms with E-state index in [1.54, 1.807) is 13.0 Å². The summed E-state index contributed by atoms with van der Waals surface area (Å²) in [4.78, 5) is 23.2. The number of halogens is 1. The second-order valence-corrected chi connectivity index (χ2v) is 5.36. The van der Waals surface area contributed by atoms with Crippen LogP contribution in [0.3, 0.4) is 0 Å². The molecule has 0 saturated heterocycles. The van der Waals surface area contributed by atoms with Crippen molar-refractivity contribution in [2.75, 3.05) is 18.5 Å². The summed E-state index contributed by atoms with van der Waals surface area (Å²) in [6.07, 6.45) is 0.123. The highest BCUT2D eigenvalue weighted by Gasteiger charge is 2.16. The predicted molar refractivity (Wildman–Crippen MR) is 80.9 cm³/mol. The van der Waals surface area contributed by atoms with Gasteiger partial charge in [-0.1, -0.05) is 19.9 Å². The number of rotatable bonds is 8. The molecule has 0 heterocycles. The number of nitrogens with one attached hydrogen (secondary N) is 1. The molecule has 1 aromatic rings. The van der Waals surface area contributed by atoms with Gasteiger partial charge in [0.05, 0.1) is 0 Å². The maximum atomic E-state index is 13.0. The number of carbonyl (C=O) groups is 2. The van der Waals surface area contributed by atoms with Gasteiger partial charge in [0.1, 0.15) is 5.82 Å². The average molecular weight is 311 g/mol. The Morgan fingerprint density at radius 2 is 2.00 bits per heavy atom. The highest BCUT2D eigenvalue weighted by atomic mass is 19.1. The number of ether oxygens (including phenoxy) is 2. The van der Waals surface area contributed by atoms with Crippen LogP contribution >= 0.6 is 0 Å². The Morgan fingerprint density at radius 3 is 2.64 bits per heavy atom. The van der Waals surface area contributed by atoms with E-state index in [9.17, 15) is 14.0 Å². The fraction of sp³-hybridized carbons (Fsp3) is 0.500. The first-order valence-corrected chi connectivity index (χ1v) is 7.22. The van der Waals surface area contributed by atoms with Gasteiger partial charge in [-0.15, -0.1) is 0 Å². The summed E-state index contributed by atoms with van der Waals surface area (Å²) in [6, 6.07) is 5.46. The third-order valence-corrected chi connectivity index (χ3v) is 2.85. The zero-order valence-corrected chi connectivity index (χ0v) is 13.1. The standard InChI is InChI=1S/C16H22FNO4/c1-11(2)7-8-21-12(3)16(20)22-10-15(19)18-14-6-4-5-13(17)9-14/h4-6,9,11-12H,7-8,10H2,1-3H3,(H,18,19). The molecule has 1 rings (SSSR count). The number of amides is 1. The minimum absolute atomic E-state index is 0.308. The van der Waals surface area contributed by atoms with E-state index in [4.69, 9.17) is 9.47 Å². The summed E-state index contributed by atoms with van der Waals surface area (Å²) in [7, 11) is 0. The minimum Gasteiger partial charge on any atom is -0.454 e. The monoisotopic (exact) mass is 311 g/mol. The Morgan fingerprint density at radius 1 is 1.27 bits per heavy atom. The third-order valence-electron chi connectivity index (χ3n) is 2.85. The largest absolute Gasteiger partial charge is 0.454 e. The summed E-state index contributed by atoms with van der Waals surface area (Å²) >= 11 is 0. The Bertz CT molecular complexity index is 505. The molecule has 0 radical (unpaired) electrons. The van der Waals surface area contributed by atoms with Gasteiger partial charge in [0.15, 0.2) is 12.7 Å². The number of hydrogen-bond donors (Lipinski definition) is 1. The van der Waals surface area contributed by atoms with Gasteiger partial charge in [0, 0.05) is 12.3 Å². The Labute approximate surface area is 129 Å². The first kappa shape index (κ1) is 18.1. The van der Waals surface area contributed by atoms with Gasteiger partial charge in [-0.3, -0.25) is 4.79 Å². The molecule has 6 heteroatoms. The lowest BCUT2D eigenvalue weighted by Gasteiger charge is -2.13. The molecule has 122 valence electrons. The lowest BCUT2D eigenvalue weighted by molar-refractivity contribution is -0.158. The van der Waals surface area contributed by atoms with Crippen LogP contribution in [0.25, 0.3) is 0 Å². The van der Waals surface area contributed by atoms with Crippen LogP contribution in [-0.2, 0) is 19.1 Å². The van der Waals surface area contributed by atoms with Crippen molar-refractivity contribution in [1.29, 1.82) is 0 Å². The normalized spacial score (nSPS) is 12.0. The first-order valence-electron chi connectivity index (χ1n) is 7.22. The van der Waals surface area contributed by atoms with Crippen LogP contribution in [0.5, 0.6) is 0 Å². The van der Waals surface area contributed by atoms with Crippen LogP contribution in [0.4, 0.5) is 10.1 Å². The summed E-state index contributed by atoms with van der Waals surface area (Å²) in [5.41, 5.74) is 0.308. The Hall–Kier alpha value is -1.95. The van der Waals surface area contributed by atoms with Gasteiger partial charge in [0.2, 0.25) is 0 Å². The van der Waals surface area contributed by atoms with E-state index >= 15 is 0 Å². The lowest BCUT2D eigenvalue weighted by atomic mass is 10.1. The lowest BCUT2D eigenvalue weighted by Crippen LogP contribution is -2.28. The van der Waals surface area contributed by atoms with Crippen molar-refractivity contribution in [3.63, 3.8) is 0 Å². The van der Waals surface area contributed by atoms with Crippen LogP contribution < -0.4 is 5.32 Å². The highest BCUT2D eigenvalue weighted by molar-refractivity contribution is 5.92. The van der Waals surface area contributed by atoms with Crippen molar-refractivity contribution in [3.05, 3.63) is 30.1 Å². The van der Waals surface area contributed by atoms with Crippen molar-refractivity contribution < 1.29 is 23.5 Å². The van der Waals surface area contributed by atoms with Crippen molar-refractivity contribution in [1.82, 2.24) is 0 Å². The van der Waals surface area contributed by atoms with Gasteiger partial charge in [-0.05, 0) is 37.5 Å². The highest BCUT2D eigenvalue weighted by Crippen LogP contribution is 2.09. The Balaban J connectivity index is 2.29. The van der Waals surface area contributed by atoms with E-state index in [1.165, 1.54) is 18.2 Å². The zero-order valence-electron chi connectivity index (χ0n) is 13.1. The number of hydrogen-bond acceptors (Lipinski definition) is 4. The number of anilines is 1. The Kier molecular flexibility index (Phi) is 7.52. The van der Waals surface area contributed by atoms with Crippen LogP contribution in [0.2, 0.25) is 0 Å². The summed E-state index contributed by atoms with van der Waals surface area (Å²) in [6.45, 7) is 5.72. The summed E-state index contributed by atoms with van der Waals surface area (Å²) < 4.78 is 23.1. The second-order valence-electron chi connectivity index (χ2n) is 5.36. The molecule has 0 aliphatic heterocycles. The zero-order chi connectivity index (χ0) is 16.5. The molecule has 1 atom stereocenters. The van der Waals surface area contributed by atoms with Crippen LogP contribution in [0.15, 0.2) is 24.3 Å². The molecule has 0 bridgehead atoms. The molecule has 5 nitrogen and oxygen atoms in total. The number of carbonyl (C=O) groups excluding carboxylic acids is 2. The summed E-state index contributed by atoms with van der Waals surface area (Å²) in [5, 5.41) is 2.44. The fourth-order valence-electron chi connectivity index (χ4n) is 1.57. The number of esters is 1. The van der Waals surface area contributed by atoms with E-state index in [-0.39, 0.29) is 0 Å². The number of benzene rings is 1. The van der Waals surface area contributed by atoms with E-state index in [0.717, 1.165) is 6.42 Å². The smallest absolute Gasteiger partial charge is 0.335 e. The quantitative estimate of drug-likeness (QED) is 0.750. The SMILES string of the molecule is CC(C)CCOC(C)C(=O)OCC(=O)Nc1cccc(F)c1. The molecule has 0 spiro atoms. The van der Waals surface area contributed by atoms with Gasteiger partial charge < -0.3 is 14.8 Å². The van der Waals surface area contributed by atoms with Crippen molar-refractivity contribution in [2.45, 2.75) is 33.3 Å². The van der Waals surface area contributed by atoms with Gasteiger partial charge >= 0.3 is 5.97 Å². The molecule has 22 heavy (non-hydrogen) atoms. The molecule has 1 N–H and O–H groups in total. The topological polar surface area (TPSA) is 64.6 Å². The van der Waals surface area contributed by atoms with E-state index in [2.05, 4.69) is 19.2 Å². The molecule has 0 saturated carbocycles. The fourth-order valence-corrected chi connectivity index (χ4v) is 1.57. The van der Waals surface area contributed by atoms with E-state index in [0.29, 0.717) is 18.2 Å². The van der Waals surface area contributed by atoms with Crippen molar-refractivity contribution in [2.24, 2.45) is 5.92 Å². The molecule has 0 aromatic heterocycles. The van der Waals surface area contributed by atoms with Crippen molar-refractivity contribution in [3.8, 4) is 0 Å². The van der Waals surface area contributed by atoms with E-state index < -0.39 is 30.4 Å². The van der Waals surface area contributed by atoms with Gasteiger partial charge in [-0.2, -0.15) is 0 Å². The maximum absolute atomic E-state index is 13.0. The van der Waals surface area contributed by atoms with Crippen LogP contribution in [0.1, 0.15) is 27.2 Å². The van der Waals surface area contributed by atoms with Gasteiger partial charge in [-0.25, -0.2) is 9.18 Å². The third kappa shape index (κ3) is 7.17. The van der Waals surface area contributed by atoms with Crippen molar-refractivity contribution >= 4 is 17.6 Å². The molecule has 0 aliphatic rings.